The molecule has 1 aromatic carbocycles. The van der Waals surface area contributed by atoms with Crippen molar-refractivity contribution in [3.05, 3.63) is 29.3 Å². The molecule has 0 aliphatic carbocycles. The average molecular weight is 306 g/mol. The zero-order valence-corrected chi connectivity index (χ0v) is 13.8. The summed E-state index contributed by atoms with van der Waals surface area (Å²) in [7, 11) is 0. The van der Waals surface area contributed by atoms with Gasteiger partial charge < -0.3 is 9.47 Å². The van der Waals surface area contributed by atoms with E-state index in [0.29, 0.717) is 18.8 Å². The van der Waals surface area contributed by atoms with Crippen LogP contribution in [0.5, 0.6) is 5.75 Å². The molecule has 1 rings (SSSR count). The van der Waals surface area contributed by atoms with Crippen LogP contribution in [0, 0.1) is 13.8 Å². The Morgan fingerprint density at radius 2 is 1.73 bits per heavy atom. The van der Waals surface area contributed by atoms with Crippen molar-refractivity contribution in [1.82, 2.24) is 0 Å². The van der Waals surface area contributed by atoms with E-state index in [1.54, 1.807) is 0 Å². The van der Waals surface area contributed by atoms with Gasteiger partial charge in [0.1, 0.15) is 5.75 Å². The van der Waals surface area contributed by atoms with Crippen molar-refractivity contribution in [2.75, 3.05) is 6.61 Å². The number of rotatable bonds is 9. The second-order valence-corrected chi connectivity index (χ2v) is 5.52. The normalized spacial score (nSPS) is 10.3. The minimum absolute atomic E-state index is 0.220. The molecule has 0 aliphatic heterocycles. The number of esters is 2. The molecule has 0 amide bonds. The van der Waals surface area contributed by atoms with Crippen LogP contribution < -0.4 is 4.74 Å². The van der Waals surface area contributed by atoms with Crippen LogP contribution in [0.1, 0.15) is 56.6 Å². The third-order valence-electron chi connectivity index (χ3n) is 3.34. The van der Waals surface area contributed by atoms with Crippen LogP contribution in [-0.4, -0.2) is 18.5 Å². The van der Waals surface area contributed by atoms with Crippen molar-refractivity contribution in [1.29, 1.82) is 0 Å². The minimum Gasteiger partial charge on any atom is -0.466 e. The SMILES string of the molecule is CCCCCOC(=O)CCCC(=O)Oc1cc(C)ccc1C. The van der Waals surface area contributed by atoms with Crippen LogP contribution >= 0.6 is 0 Å². The number of hydrogen-bond acceptors (Lipinski definition) is 4. The van der Waals surface area contributed by atoms with Gasteiger partial charge in [0.05, 0.1) is 6.61 Å². The molecule has 0 N–H and O–H groups in total. The van der Waals surface area contributed by atoms with Crippen LogP contribution in [0.4, 0.5) is 0 Å². The fourth-order valence-corrected chi connectivity index (χ4v) is 1.98. The van der Waals surface area contributed by atoms with Crippen molar-refractivity contribution >= 4 is 11.9 Å². The lowest BCUT2D eigenvalue weighted by Crippen LogP contribution is -2.11. The summed E-state index contributed by atoms with van der Waals surface area (Å²) >= 11 is 0. The van der Waals surface area contributed by atoms with Gasteiger partial charge in [0.15, 0.2) is 0 Å². The first kappa shape index (κ1) is 18.2. The molecule has 0 radical (unpaired) electrons. The highest BCUT2D eigenvalue weighted by Crippen LogP contribution is 2.19. The van der Waals surface area contributed by atoms with Crippen molar-refractivity contribution in [3.8, 4) is 5.75 Å². The van der Waals surface area contributed by atoms with Crippen molar-refractivity contribution in [3.63, 3.8) is 0 Å². The lowest BCUT2D eigenvalue weighted by Gasteiger charge is -2.08. The predicted molar refractivity (Wildman–Crippen MR) is 85.9 cm³/mol. The number of hydrogen-bond donors (Lipinski definition) is 0. The van der Waals surface area contributed by atoms with Gasteiger partial charge in [-0.3, -0.25) is 9.59 Å². The Bertz CT molecular complexity index is 494. The Morgan fingerprint density at radius 3 is 2.45 bits per heavy atom. The molecule has 0 saturated carbocycles. The van der Waals surface area contributed by atoms with Gasteiger partial charge in [-0.2, -0.15) is 0 Å². The molecule has 0 bridgehead atoms. The lowest BCUT2D eigenvalue weighted by atomic mass is 10.1. The Kier molecular flexibility index (Phi) is 8.26. The van der Waals surface area contributed by atoms with E-state index >= 15 is 0 Å². The molecule has 4 heteroatoms. The van der Waals surface area contributed by atoms with Crippen LogP contribution in [0.25, 0.3) is 0 Å². The van der Waals surface area contributed by atoms with Crippen molar-refractivity contribution < 1.29 is 19.1 Å². The van der Waals surface area contributed by atoms with E-state index in [9.17, 15) is 9.59 Å². The Morgan fingerprint density at radius 1 is 1.00 bits per heavy atom. The molecule has 0 spiro atoms. The quantitative estimate of drug-likeness (QED) is 0.391. The van der Waals surface area contributed by atoms with E-state index in [2.05, 4.69) is 6.92 Å². The van der Waals surface area contributed by atoms with Crippen molar-refractivity contribution in [2.45, 2.75) is 59.3 Å². The van der Waals surface area contributed by atoms with Gasteiger partial charge in [0.25, 0.3) is 0 Å². The minimum atomic E-state index is -0.313. The van der Waals surface area contributed by atoms with Gasteiger partial charge in [-0.1, -0.05) is 31.9 Å². The summed E-state index contributed by atoms with van der Waals surface area (Å²) in [6.07, 6.45) is 4.00. The van der Waals surface area contributed by atoms with Crippen molar-refractivity contribution in [2.24, 2.45) is 0 Å². The summed E-state index contributed by atoms with van der Waals surface area (Å²) < 4.78 is 10.4. The smallest absolute Gasteiger partial charge is 0.311 e. The maximum atomic E-state index is 11.8. The molecule has 122 valence electrons. The summed E-state index contributed by atoms with van der Waals surface area (Å²) in [5.41, 5.74) is 1.97. The Labute approximate surface area is 132 Å². The Balaban J connectivity index is 2.23. The second kappa shape index (κ2) is 9.98. The van der Waals surface area contributed by atoms with Gasteiger partial charge in [0, 0.05) is 12.8 Å². The second-order valence-electron chi connectivity index (χ2n) is 5.52. The highest BCUT2D eigenvalue weighted by atomic mass is 16.5. The molecular weight excluding hydrogens is 280 g/mol. The predicted octanol–water partition coefficient (Wildman–Crippen LogP) is 4.11. The molecule has 0 aliphatic rings. The monoisotopic (exact) mass is 306 g/mol. The van der Waals surface area contributed by atoms with E-state index in [-0.39, 0.29) is 24.8 Å². The molecular formula is C18H26O4. The van der Waals surface area contributed by atoms with E-state index in [1.807, 2.05) is 32.0 Å². The number of ether oxygens (including phenoxy) is 2. The standard InChI is InChI=1S/C18H26O4/c1-4-5-6-12-21-17(19)8-7-9-18(20)22-16-13-14(2)10-11-15(16)3/h10-11,13H,4-9,12H2,1-3H3. The van der Waals surface area contributed by atoms with E-state index in [0.717, 1.165) is 30.4 Å². The first-order valence-corrected chi connectivity index (χ1v) is 7.96. The topological polar surface area (TPSA) is 52.6 Å². The first-order valence-electron chi connectivity index (χ1n) is 7.96. The molecule has 0 atom stereocenters. The number of unbranched alkanes of at least 4 members (excludes halogenated alkanes) is 2. The van der Waals surface area contributed by atoms with Gasteiger partial charge in [-0.15, -0.1) is 0 Å². The summed E-state index contributed by atoms with van der Waals surface area (Å²) in [5.74, 6) is 0.0373. The fraction of sp³-hybridized carbons (Fsp3) is 0.556. The maximum absolute atomic E-state index is 11.8. The van der Waals surface area contributed by atoms with Gasteiger partial charge in [0.2, 0.25) is 0 Å². The first-order chi connectivity index (χ1) is 10.5. The third kappa shape index (κ3) is 7.25. The molecule has 22 heavy (non-hydrogen) atoms. The molecule has 0 unspecified atom stereocenters. The molecule has 0 heterocycles. The van der Waals surface area contributed by atoms with E-state index in [1.165, 1.54) is 0 Å². The number of carbonyl (C=O) groups excluding carboxylic acids is 2. The molecule has 0 fully saturated rings. The zero-order valence-electron chi connectivity index (χ0n) is 13.8. The van der Waals surface area contributed by atoms with E-state index in [4.69, 9.17) is 9.47 Å². The van der Waals surface area contributed by atoms with Crippen LogP contribution in [0.3, 0.4) is 0 Å². The highest BCUT2D eigenvalue weighted by molar-refractivity contribution is 5.74. The average Bonchev–Trinajstić information content (AvgIpc) is 2.47. The molecule has 0 saturated heterocycles. The third-order valence-corrected chi connectivity index (χ3v) is 3.34. The number of carbonyl (C=O) groups is 2. The van der Waals surface area contributed by atoms with Gasteiger partial charge in [-0.25, -0.2) is 0 Å². The highest BCUT2D eigenvalue weighted by Gasteiger charge is 2.10. The largest absolute Gasteiger partial charge is 0.466 e. The maximum Gasteiger partial charge on any atom is 0.311 e. The fourth-order valence-electron chi connectivity index (χ4n) is 1.98. The van der Waals surface area contributed by atoms with Crippen LogP contribution in [-0.2, 0) is 14.3 Å². The Hall–Kier alpha value is -1.84. The number of aryl methyl sites for hydroxylation is 2. The summed E-state index contributed by atoms with van der Waals surface area (Å²) in [4.78, 5) is 23.3. The van der Waals surface area contributed by atoms with E-state index < -0.39 is 0 Å². The van der Waals surface area contributed by atoms with Crippen LogP contribution in [0.2, 0.25) is 0 Å². The van der Waals surface area contributed by atoms with Gasteiger partial charge in [-0.05, 0) is 43.9 Å². The molecule has 1 aromatic rings. The molecule has 0 aromatic heterocycles. The molecule has 4 nitrogen and oxygen atoms in total. The summed E-state index contributed by atoms with van der Waals surface area (Å²) in [6.45, 7) is 6.42. The summed E-state index contributed by atoms with van der Waals surface area (Å²) in [6, 6.07) is 5.74. The number of benzene rings is 1. The van der Waals surface area contributed by atoms with Gasteiger partial charge >= 0.3 is 11.9 Å². The summed E-state index contributed by atoms with van der Waals surface area (Å²) in [5, 5.41) is 0. The lowest BCUT2D eigenvalue weighted by molar-refractivity contribution is -0.144. The van der Waals surface area contributed by atoms with Crippen LogP contribution in [0.15, 0.2) is 18.2 Å². The zero-order chi connectivity index (χ0) is 16.4.